The molecule has 5 heteroatoms. The molecule has 0 amide bonds. The molecule has 0 bridgehead atoms. The van der Waals surface area contributed by atoms with E-state index in [0.717, 1.165) is 29.1 Å². The Kier molecular flexibility index (Phi) is 5.07. The summed E-state index contributed by atoms with van der Waals surface area (Å²) in [5, 5.41) is 16.3. The molecule has 1 N–H and O–H groups in total. The molecule has 0 aliphatic carbocycles. The SMILES string of the molecule is COc1ccc(NCC2CC(C)(C)C(c3ccccc3)=[N+]2[O-])c(OC)c1. The minimum Gasteiger partial charge on any atom is -0.623 e. The summed E-state index contributed by atoms with van der Waals surface area (Å²) in [7, 11) is 3.25. The number of hydrogen-bond donors (Lipinski definition) is 1. The van der Waals surface area contributed by atoms with Crippen molar-refractivity contribution in [3.63, 3.8) is 0 Å². The van der Waals surface area contributed by atoms with E-state index in [4.69, 9.17) is 9.47 Å². The van der Waals surface area contributed by atoms with Gasteiger partial charge in [-0.3, -0.25) is 0 Å². The summed E-state index contributed by atoms with van der Waals surface area (Å²) in [4.78, 5) is 0. The maximum Gasteiger partial charge on any atom is 0.200 e. The molecule has 5 nitrogen and oxygen atoms in total. The molecule has 2 aromatic carbocycles. The zero-order chi connectivity index (χ0) is 18.7. The van der Waals surface area contributed by atoms with Crippen LogP contribution in [0.4, 0.5) is 5.69 Å². The molecule has 1 atom stereocenters. The topological polar surface area (TPSA) is 56.6 Å². The number of hydrogen-bond acceptors (Lipinski definition) is 4. The summed E-state index contributed by atoms with van der Waals surface area (Å²) in [5.74, 6) is 1.44. The molecule has 0 saturated heterocycles. The van der Waals surface area contributed by atoms with E-state index in [-0.39, 0.29) is 11.5 Å². The summed E-state index contributed by atoms with van der Waals surface area (Å²) < 4.78 is 11.8. The Labute approximate surface area is 154 Å². The van der Waals surface area contributed by atoms with E-state index in [1.165, 1.54) is 4.74 Å². The fraction of sp³-hybridized carbons (Fsp3) is 0.381. The Morgan fingerprint density at radius 2 is 1.85 bits per heavy atom. The van der Waals surface area contributed by atoms with Crippen molar-refractivity contribution in [2.75, 3.05) is 26.1 Å². The molecule has 26 heavy (non-hydrogen) atoms. The van der Waals surface area contributed by atoms with E-state index in [1.807, 2.05) is 48.5 Å². The van der Waals surface area contributed by atoms with Crippen molar-refractivity contribution in [3.05, 3.63) is 59.3 Å². The Morgan fingerprint density at radius 3 is 2.50 bits per heavy atom. The van der Waals surface area contributed by atoms with Crippen molar-refractivity contribution in [2.45, 2.75) is 26.3 Å². The van der Waals surface area contributed by atoms with Gasteiger partial charge in [-0.15, -0.1) is 0 Å². The number of nitrogens with zero attached hydrogens (tertiary/aromatic N) is 1. The van der Waals surface area contributed by atoms with Crippen LogP contribution in [0.2, 0.25) is 0 Å². The first kappa shape index (κ1) is 18.1. The minimum atomic E-state index is -0.167. The molecule has 1 unspecified atom stereocenters. The third-order valence-corrected chi connectivity index (χ3v) is 4.92. The third kappa shape index (κ3) is 3.47. The highest BCUT2D eigenvalue weighted by atomic mass is 16.5. The predicted octanol–water partition coefficient (Wildman–Crippen LogP) is 3.91. The average Bonchev–Trinajstić information content (AvgIpc) is 2.88. The van der Waals surface area contributed by atoms with Gasteiger partial charge in [0.05, 0.1) is 31.9 Å². The Bertz CT molecular complexity index is 800. The molecule has 0 saturated carbocycles. The van der Waals surface area contributed by atoms with Gasteiger partial charge in [0, 0.05) is 18.1 Å². The molecular weight excluding hydrogens is 328 g/mol. The zero-order valence-corrected chi connectivity index (χ0v) is 15.8. The van der Waals surface area contributed by atoms with Crippen LogP contribution in [-0.2, 0) is 0 Å². The van der Waals surface area contributed by atoms with Crippen molar-refractivity contribution in [3.8, 4) is 11.5 Å². The highest BCUT2D eigenvalue weighted by Crippen LogP contribution is 2.36. The van der Waals surface area contributed by atoms with Gasteiger partial charge in [-0.25, -0.2) is 4.74 Å². The van der Waals surface area contributed by atoms with Gasteiger partial charge < -0.3 is 20.0 Å². The standard InChI is InChI=1S/C21H26N2O3/c1-21(2)13-16(23(24)20(21)15-8-6-5-7-9-15)14-22-18-11-10-17(25-3)12-19(18)26-4/h5-12,16,22H,13-14H2,1-4H3. The van der Waals surface area contributed by atoms with Crippen LogP contribution < -0.4 is 14.8 Å². The number of ether oxygens (including phenoxy) is 2. The van der Waals surface area contributed by atoms with Gasteiger partial charge >= 0.3 is 0 Å². The molecule has 0 fully saturated rings. The van der Waals surface area contributed by atoms with Crippen molar-refractivity contribution < 1.29 is 14.2 Å². The van der Waals surface area contributed by atoms with Crippen LogP contribution in [0.3, 0.4) is 0 Å². The molecule has 1 aliphatic rings. The summed E-state index contributed by atoms with van der Waals surface area (Å²) >= 11 is 0. The minimum absolute atomic E-state index is 0.132. The van der Waals surface area contributed by atoms with Crippen LogP contribution in [0.5, 0.6) is 11.5 Å². The molecule has 1 heterocycles. The van der Waals surface area contributed by atoms with Gasteiger partial charge in [-0.05, 0) is 38.1 Å². The second kappa shape index (κ2) is 7.28. The highest BCUT2D eigenvalue weighted by Gasteiger charge is 2.45. The summed E-state index contributed by atoms with van der Waals surface area (Å²) in [6.45, 7) is 4.81. The van der Waals surface area contributed by atoms with Gasteiger partial charge in [-0.2, -0.15) is 0 Å². The van der Waals surface area contributed by atoms with Crippen LogP contribution in [0.25, 0.3) is 0 Å². The van der Waals surface area contributed by atoms with E-state index in [1.54, 1.807) is 14.2 Å². The van der Waals surface area contributed by atoms with E-state index in [9.17, 15) is 5.21 Å². The molecule has 3 rings (SSSR count). The summed E-state index contributed by atoms with van der Waals surface area (Å²) in [6.07, 6.45) is 0.798. The van der Waals surface area contributed by atoms with Crippen molar-refractivity contribution in [1.29, 1.82) is 0 Å². The van der Waals surface area contributed by atoms with Gasteiger partial charge in [0.25, 0.3) is 0 Å². The van der Waals surface area contributed by atoms with Gasteiger partial charge in [0.2, 0.25) is 5.71 Å². The lowest BCUT2D eigenvalue weighted by Crippen LogP contribution is -2.27. The van der Waals surface area contributed by atoms with Crippen molar-refractivity contribution in [1.82, 2.24) is 0 Å². The molecule has 0 spiro atoms. The first-order valence-corrected chi connectivity index (χ1v) is 8.81. The number of hydroxylamine groups is 1. The number of nitrogens with one attached hydrogen (secondary N) is 1. The average molecular weight is 354 g/mol. The fourth-order valence-corrected chi connectivity index (χ4v) is 3.69. The van der Waals surface area contributed by atoms with E-state index >= 15 is 0 Å². The van der Waals surface area contributed by atoms with Crippen LogP contribution in [0, 0.1) is 10.6 Å². The number of methoxy groups -OCH3 is 2. The van der Waals surface area contributed by atoms with Crippen molar-refractivity contribution in [2.24, 2.45) is 5.41 Å². The number of anilines is 1. The van der Waals surface area contributed by atoms with Crippen molar-refractivity contribution >= 4 is 11.4 Å². The van der Waals surface area contributed by atoms with E-state index < -0.39 is 0 Å². The Morgan fingerprint density at radius 1 is 1.12 bits per heavy atom. The van der Waals surface area contributed by atoms with E-state index in [0.29, 0.717) is 12.3 Å². The van der Waals surface area contributed by atoms with Crippen LogP contribution in [-0.4, -0.2) is 37.3 Å². The lowest BCUT2D eigenvalue weighted by Gasteiger charge is -2.16. The lowest BCUT2D eigenvalue weighted by atomic mass is 9.81. The number of rotatable bonds is 6. The first-order valence-electron chi connectivity index (χ1n) is 8.81. The monoisotopic (exact) mass is 354 g/mol. The van der Waals surface area contributed by atoms with E-state index in [2.05, 4.69) is 19.2 Å². The molecule has 0 aromatic heterocycles. The smallest absolute Gasteiger partial charge is 0.200 e. The molecule has 1 aliphatic heterocycles. The quantitative estimate of drug-likeness (QED) is 0.631. The van der Waals surface area contributed by atoms with Gasteiger partial charge in [-0.1, -0.05) is 18.2 Å². The molecule has 0 radical (unpaired) electrons. The molecule has 138 valence electrons. The maximum absolute atomic E-state index is 13.0. The Hall–Kier alpha value is -2.69. The second-order valence-corrected chi connectivity index (χ2v) is 7.23. The predicted molar refractivity (Wildman–Crippen MR) is 104 cm³/mol. The van der Waals surface area contributed by atoms with Crippen LogP contribution in [0.1, 0.15) is 25.8 Å². The van der Waals surface area contributed by atoms with Crippen LogP contribution in [0.15, 0.2) is 48.5 Å². The molecule has 2 aromatic rings. The van der Waals surface area contributed by atoms with Gasteiger partial charge in [0.15, 0.2) is 6.04 Å². The number of benzene rings is 2. The Balaban J connectivity index is 1.80. The summed E-state index contributed by atoms with van der Waals surface area (Å²) in [5.41, 5.74) is 2.54. The lowest BCUT2D eigenvalue weighted by molar-refractivity contribution is -0.487. The third-order valence-electron chi connectivity index (χ3n) is 4.92. The highest BCUT2D eigenvalue weighted by molar-refractivity contribution is 6.01. The second-order valence-electron chi connectivity index (χ2n) is 7.23. The fourth-order valence-electron chi connectivity index (χ4n) is 3.69. The normalized spacial score (nSPS) is 18.7. The van der Waals surface area contributed by atoms with Gasteiger partial charge in [0.1, 0.15) is 11.5 Å². The largest absolute Gasteiger partial charge is 0.623 e. The molecular formula is C21H26N2O3. The van der Waals surface area contributed by atoms with Crippen LogP contribution >= 0.6 is 0 Å². The maximum atomic E-state index is 13.0. The zero-order valence-electron chi connectivity index (χ0n) is 15.8. The summed E-state index contributed by atoms with van der Waals surface area (Å²) in [6, 6.07) is 15.4. The first-order chi connectivity index (χ1) is 12.5.